The molecule has 0 aromatic carbocycles. The van der Waals surface area contributed by atoms with E-state index in [4.69, 9.17) is 14.8 Å². The van der Waals surface area contributed by atoms with Gasteiger partial charge in [0.1, 0.15) is 0 Å². The maximum Gasteiger partial charge on any atom is 0.457 e. The van der Waals surface area contributed by atoms with Gasteiger partial charge in [0.2, 0.25) is 0 Å². The highest BCUT2D eigenvalue weighted by molar-refractivity contribution is 5.62. The van der Waals surface area contributed by atoms with Gasteiger partial charge in [-0.3, -0.25) is 0 Å². The van der Waals surface area contributed by atoms with Crippen LogP contribution in [0.25, 0.3) is 0 Å². The number of carboxylic acid groups (broad SMARTS) is 1. The second-order valence-corrected chi connectivity index (χ2v) is 4.95. The molecule has 0 spiro atoms. The van der Waals surface area contributed by atoms with E-state index in [1.165, 1.54) is 0 Å². The predicted octanol–water partition coefficient (Wildman–Crippen LogP) is 3.21. The molecule has 0 aromatic rings. The van der Waals surface area contributed by atoms with Crippen molar-refractivity contribution in [1.29, 1.82) is 0 Å². The molecule has 0 radical (unpaired) electrons. The topological polar surface area (TPSA) is 59.0 Å². The third-order valence-corrected chi connectivity index (χ3v) is 2.52. The Morgan fingerprint density at radius 3 is 1.56 bits per heavy atom. The maximum absolute atomic E-state index is 11.0. The van der Waals surface area contributed by atoms with Crippen LogP contribution in [-0.4, -0.2) is 27.6 Å². The molecule has 0 aliphatic rings. The van der Waals surface area contributed by atoms with Gasteiger partial charge in [0.25, 0.3) is 0 Å². The highest BCUT2D eigenvalue weighted by atomic mass is 17.0. The summed E-state index contributed by atoms with van der Waals surface area (Å²) in [7, 11) is 0. The zero-order valence-electron chi connectivity index (χ0n) is 11.0. The van der Waals surface area contributed by atoms with Crippen LogP contribution in [0.15, 0.2) is 0 Å². The fraction of sp³-hybridized carbons (Fsp3) is 0.909. The lowest BCUT2D eigenvalue weighted by atomic mass is 10.1. The molecule has 0 aromatic heterocycles. The van der Waals surface area contributed by atoms with Crippen LogP contribution in [0.5, 0.6) is 0 Å². The quantitative estimate of drug-likeness (QED) is 0.716. The van der Waals surface area contributed by atoms with Gasteiger partial charge < -0.3 is 5.11 Å². The van der Waals surface area contributed by atoms with E-state index in [9.17, 15) is 4.79 Å². The van der Waals surface area contributed by atoms with E-state index in [1.807, 2.05) is 41.5 Å². The Balaban J connectivity index is 4.59. The van der Waals surface area contributed by atoms with Gasteiger partial charge in [-0.25, -0.2) is 14.5 Å². The average molecular weight is 233 g/mol. The number of carbonyl (C=O) groups is 1. The number of hydroxylamine groups is 2. The van der Waals surface area contributed by atoms with Gasteiger partial charge in [-0.15, -0.1) is 0 Å². The monoisotopic (exact) mass is 233 g/mol. The highest BCUT2D eigenvalue weighted by Crippen LogP contribution is 2.21. The lowest BCUT2D eigenvalue weighted by Gasteiger charge is -2.33. The molecule has 0 saturated heterocycles. The molecule has 96 valence electrons. The van der Waals surface area contributed by atoms with Crippen LogP contribution < -0.4 is 0 Å². The van der Waals surface area contributed by atoms with E-state index in [2.05, 4.69) is 0 Å². The summed E-state index contributed by atoms with van der Waals surface area (Å²) < 4.78 is 0. The van der Waals surface area contributed by atoms with E-state index in [-0.39, 0.29) is 0 Å². The summed E-state index contributed by atoms with van der Waals surface area (Å²) in [5.41, 5.74) is -1.13. The van der Waals surface area contributed by atoms with Gasteiger partial charge in [0, 0.05) is 0 Å². The zero-order chi connectivity index (χ0) is 13.0. The van der Waals surface area contributed by atoms with Crippen molar-refractivity contribution in [2.24, 2.45) is 0 Å². The van der Waals surface area contributed by atoms with Crippen LogP contribution in [-0.2, 0) is 9.68 Å². The Kier molecular flexibility index (Phi) is 5.22. The molecular weight excluding hydrogens is 210 g/mol. The molecule has 0 atom stereocenters. The Labute approximate surface area is 97.2 Å². The second kappa shape index (κ2) is 5.50. The first-order valence-electron chi connectivity index (χ1n) is 5.55. The molecule has 0 unspecified atom stereocenters. The molecule has 1 amide bonds. The van der Waals surface area contributed by atoms with Crippen LogP contribution in [0.1, 0.15) is 54.4 Å². The van der Waals surface area contributed by atoms with E-state index in [1.54, 1.807) is 0 Å². The SMILES string of the molecule is CCC(C)(C)ON(OC(C)(C)CC)C(=O)O. The van der Waals surface area contributed by atoms with Crippen molar-refractivity contribution in [3.63, 3.8) is 0 Å². The van der Waals surface area contributed by atoms with Gasteiger partial charge in [-0.05, 0) is 45.8 Å². The standard InChI is InChI=1S/C11H23NO4/c1-7-10(3,4)15-12(9(13)14)16-11(5,6)8-2/h7-8H2,1-6H3,(H,13,14). The number of amides is 1. The first kappa shape index (κ1) is 15.2. The summed E-state index contributed by atoms with van der Waals surface area (Å²) in [5.74, 6) is 0. The normalized spacial score (nSPS) is 12.6. The minimum absolute atomic E-state index is 0.562. The molecule has 0 heterocycles. The molecule has 0 fully saturated rings. The van der Waals surface area contributed by atoms with Gasteiger partial charge >= 0.3 is 6.09 Å². The highest BCUT2D eigenvalue weighted by Gasteiger charge is 2.30. The zero-order valence-corrected chi connectivity index (χ0v) is 11.0. The molecule has 16 heavy (non-hydrogen) atoms. The van der Waals surface area contributed by atoms with Gasteiger partial charge in [-0.2, -0.15) is 0 Å². The molecule has 0 aliphatic carbocycles. The molecule has 0 saturated carbocycles. The summed E-state index contributed by atoms with van der Waals surface area (Å²) in [4.78, 5) is 21.6. The number of hydrogen-bond donors (Lipinski definition) is 1. The maximum atomic E-state index is 11.0. The molecule has 5 heteroatoms. The summed E-state index contributed by atoms with van der Waals surface area (Å²) in [5, 5.41) is 9.53. The van der Waals surface area contributed by atoms with Crippen molar-refractivity contribution >= 4 is 6.09 Å². The molecular formula is C11H23NO4. The van der Waals surface area contributed by atoms with Crippen LogP contribution in [0.3, 0.4) is 0 Å². The van der Waals surface area contributed by atoms with Gasteiger partial charge in [0.05, 0.1) is 11.2 Å². The predicted molar refractivity (Wildman–Crippen MR) is 60.8 cm³/mol. The number of nitrogens with zero attached hydrogens (tertiary/aromatic N) is 1. The van der Waals surface area contributed by atoms with Crippen LogP contribution in [0, 0.1) is 0 Å². The van der Waals surface area contributed by atoms with E-state index < -0.39 is 17.3 Å². The van der Waals surface area contributed by atoms with Crippen LogP contribution >= 0.6 is 0 Å². The van der Waals surface area contributed by atoms with Crippen molar-refractivity contribution in [2.45, 2.75) is 65.6 Å². The third kappa shape index (κ3) is 5.32. The average Bonchev–Trinajstić information content (AvgIpc) is 2.16. The van der Waals surface area contributed by atoms with E-state index >= 15 is 0 Å². The van der Waals surface area contributed by atoms with Gasteiger partial charge in [0.15, 0.2) is 0 Å². The number of rotatable bonds is 6. The minimum Gasteiger partial charge on any atom is -0.462 e. The Bertz CT molecular complexity index is 220. The first-order valence-corrected chi connectivity index (χ1v) is 5.55. The number of hydrogen-bond acceptors (Lipinski definition) is 3. The Morgan fingerprint density at radius 1 is 1.06 bits per heavy atom. The van der Waals surface area contributed by atoms with Gasteiger partial charge in [-0.1, -0.05) is 13.8 Å². The summed E-state index contributed by atoms with van der Waals surface area (Å²) in [6.07, 6.45) is 0.127. The summed E-state index contributed by atoms with van der Waals surface area (Å²) in [6.45, 7) is 11.1. The van der Waals surface area contributed by atoms with E-state index in [0.29, 0.717) is 18.1 Å². The lowest BCUT2D eigenvalue weighted by Crippen LogP contribution is -2.44. The largest absolute Gasteiger partial charge is 0.462 e. The van der Waals surface area contributed by atoms with Crippen LogP contribution in [0.2, 0.25) is 0 Å². The lowest BCUT2D eigenvalue weighted by molar-refractivity contribution is -0.404. The molecule has 0 aliphatic heterocycles. The van der Waals surface area contributed by atoms with Crippen molar-refractivity contribution in [1.82, 2.24) is 5.23 Å². The Morgan fingerprint density at radius 2 is 1.38 bits per heavy atom. The molecule has 5 nitrogen and oxygen atoms in total. The molecule has 1 N–H and O–H groups in total. The van der Waals surface area contributed by atoms with Crippen molar-refractivity contribution in [2.75, 3.05) is 0 Å². The fourth-order valence-corrected chi connectivity index (χ4v) is 0.675. The first-order chi connectivity index (χ1) is 7.13. The van der Waals surface area contributed by atoms with Crippen molar-refractivity contribution in [3.8, 4) is 0 Å². The second-order valence-electron chi connectivity index (χ2n) is 4.95. The summed E-state index contributed by atoms with van der Waals surface area (Å²) in [6, 6.07) is 0. The minimum atomic E-state index is -1.25. The molecule has 0 rings (SSSR count). The van der Waals surface area contributed by atoms with Crippen LogP contribution in [0.4, 0.5) is 4.79 Å². The smallest absolute Gasteiger partial charge is 0.457 e. The van der Waals surface area contributed by atoms with E-state index in [0.717, 1.165) is 0 Å². The fourth-order valence-electron chi connectivity index (χ4n) is 0.675. The summed E-state index contributed by atoms with van der Waals surface area (Å²) >= 11 is 0. The van der Waals surface area contributed by atoms with Crippen molar-refractivity contribution in [3.05, 3.63) is 0 Å². The third-order valence-electron chi connectivity index (χ3n) is 2.52. The van der Waals surface area contributed by atoms with Crippen molar-refractivity contribution < 1.29 is 19.6 Å². The molecule has 0 bridgehead atoms. The Hall–Kier alpha value is -0.810.